The number of amides is 3. The number of ether oxygens (including phenoxy) is 1. The molecule has 0 spiro atoms. The monoisotopic (exact) mass is 446 g/mol. The molecular weight excluding hydrogens is 428 g/mol. The number of piperidine rings is 1. The number of fused-ring (bicyclic) bond motifs is 1. The van der Waals surface area contributed by atoms with Crippen LogP contribution in [-0.4, -0.2) is 61.7 Å². The van der Waals surface area contributed by atoms with Gasteiger partial charge in [0.15, 0.2) is 0 Å². The summed E-state index contributed by atoms with van der Waals surface area (Å²) >= 11 is 0. The Labute approximate surface area is 187 Å². The van der Waals surface area contributed by atoms with Gasteiger partial charge in [0.25, 0.3) is 5.91 Å². The number of pyridine rings is 1. The van der Waals surface area contributed by atoms with Crippen LogP contribution in [0.1, 0.15) is 39.1 Å². The first kappa shape index (κ1) is 20.5. The summed E-state index contributed by atoms with van der Waals surface area (Å²) in [5, 5.41) is 10.7. The van der Waals surface area contributed by atoms with Crippen LogP contribution in [-0.2, 0) is 20.9 Å². The lowest BCUT2D eigenvalue weighted by atomic mass is 10.0. The number of nitrogens with one attached hydrogen (secondary N) is 1. The molecule has 1 saturated heterocycles. The summed E-state index contributed by atoms with van der Waals surface area (Å²) in [6, 6.07) is 6.16. The minimum Gasteiger partial charge on any atom is -0.465 e. The fourth-order valence-electron chi connectivity index (χ4n) is 4.11. The van der Waals surface area contributed by atoms with Crippen LogP contribution in [0.2, 0.25) is 0 Å². The van der Waals surface area contributed by atoms with Gasteiger partial charge < -0.3 is 9.64 Å². The highest BCUT2D eigenvalue weighted by Crippen LogP contribution is 2.31. The largest absolute Gasteiger partial charge is 0.465 e. The third-order valence-electron chi connectivity index (χ3n) is 5.75. The summed E-state index contributed by atoms with van der Waals surface area (Å²) in [5.74, 6) is -1.57. The Balaban J connectivity index is 1.46. The highest BCUT2D eigenvalue weighted by Gasteiger charge is 2.40. The fraction of sp³-hybridized carbons (Fsp3) is 0.227. The Kier molecular flexibility index (Phi) is 4.93. The molecule has 3 aromatic rings. The number of carbonyl (C=O) groups is 4. The lowest BCUT2D eigenvalue weighted by Gasteiger charge is -2.29. The molecule has 2 aliphatic heterocycles. The molecule has 1 atom stereocenters. The number of rotatable bonds is 4. The first-order valence-electron chi connectivity index (χ1n) is 10.2. The number of esters is 1. The number of hydrogen-bond acceptors (Lipinski definition) is 8. The van der Waals surface area contributed by atoms with Gasteiger partial charge in [0, 0.05) is 42.0 Å². The zero-order valence-corrected chi connectivity index (χ0v) is 17.5. The Morgan fingerprint density at radius 1 is 1.21 bits per heavy atom. The molecule has 0 radical (unpaired) electrons. The average Bonchev–Trinajstić information content (AvgIpc) is 3.44. The van der Waals surface area contributed by atoms with Crippen molar-refractivity contribution in [3.8, 4) is 16.9 Å². The molecule has 11 heteroatoms. The highest BCUT2D eigenvalue weighted by molar-refractivity contribution is 6.05. The summed E-state index contributed by atoms with van der Waals surface area (Å²) in [6.07, 6.45) is 5.11. The Morgan fingerprint density at radius 3 is 2.85 bits per heavy atom. The molecule has 1 fully saturated rings. The summed E-state index contributed by atoms with van der Waals surface area (Å²) in [5.41, 5.74) is 3.19. The molecule has 1 N–H and O–H groups in total. The maximum atomic E-state index is 13.0. The van der Waals surface area contributed by atoms with Crippen LogP contribution in [0.4, 0.5) is 0 Å². The van der Waals surface area contributed by atoms with E-state index in [0.717, 1.165) is 0 Å². The van der Waals surface area contributed by atoms with Crippen molar-refractivity contribution in [1.29, 1.82) is 0 Å². The van der Waals surface area contributed by atoms with E-state index in [4.69, 9.17) is 4.74 Å². The van der Waals surface area contributed by atoms with Gasteiger partial charge in [-0.2, -0.15) is 0 Å². The van der Waals surface area contributed by atoms with Crippen molar-refractivity contribution >= 4 is 23.7 Å². The van der Waals surface area contributed by atoms with Crippen molar-refractivity contribution in [2.45, 2.75) is 25.4 Å². The summed E-state index contributed by atoms with van der Waals surface area (Å²) in [4.78, 5) is 54.2. The van der Waals surface area contributed by atoms with E-state index in [2.05, 4.69) is 20.6 Å². The van der Waals surface area contributed by atoms with Gasteiger partial charge in [0.05, 0.1) is 24.6 Å². The van der Waals surface area contributed by atoms with Gasteiger partial charge in [-0.25, -0.2) is 9.48 Å². The standard InChI is InChI=1S/C22H18N6O5/c1-33-22(32)13-7-12(8-23-9-13)16-11-28(26-25-16)17-4-2-3-14-15(17)10-27(21(14)31)18-5-6-19(29)24-20(18)30/h2-4,7-9,11,18H,5-6,10H2,1H3,(H,24,29,30). The van der Waals surface area contributed by atoms with Crippen LogP contribution in [0.5, 0.6) is 0 Å². The molecule has 0 aliphatic carbocycles. The minimum absolute atomic E-state index is 0.189. The first-order chi connectivity index (χ1) is 16.0. The third-order valence-corrected chi connectivity index (χ3v) is 5.75. The number of hydrogen-bond donors (Lipinski definition) is 1. The molecule has 166 valence electrons. The molecule has 3 amide bonds. The Bertz CT molecular complexity index is 1320. The van der Waals surface area contributed by atoms with Gasteiger partial charge in [-0.05, 0) is 24.6 Å². The van der Waals surface area contributed by atoms with Crippen LogP contribution in [0, 0.1) is 0 Å². The molecule has 11 nitrogen and oxygen atoms in total. The summed E-state index contributed by atoms with van der Waals surface area (Å²) in [7, 11) is 1.29. The molecule has 1 aromatic carbocycles. The lowest BCUT2D eigenvalue weighted by Crippen LogP contribution is -2.52. The zero-order valence-electron chi connectivity index (χ0n) is 17.5. The molecule has 5 rings (SSSR count). The molecule has 1 unspecified atom stereocenters. The van der Waals surface area contributed by atoms with Crippen molar-refractivity contribution in [1.82, 2.24) is 30.2 Å². The van der Waals surface area contributed by atoms with Gasteiger partial charge >= 0.3 is 5.97 Å². The van der Waals surface area contributed by atoms with Gasteiger partial charge in [0.1, 0.15) is 11.7 Å². The van der Waals surface area contributed by atoms with E-state index < -0.39 is 17.9 Å². The summed E-state index contributed by atoms with van der Waals surface area (Å²) < 4.78 is 6.27. The number of imide groups is 1. The molecule has 0 saturated carbocycles. The fourth-order valence-corrected chi connectivity index (χ4v) is 4.11. The maximum absolute atomic E-state index is 13.0. The van der Waals surface area contributed by atoms with E-state index in [-0.39, 0.29) is 36.8 Å². The Morgan fingerprint density at radius 2 is 2.06 bits per heavy atom. The number of nitrogens with zero attached hydrogens (tertiary/aromatic N) is 5. The topological polar surface area (TPSA) is 136 Å². The zero-order chi connectivity index (χ0) is 23.1. The SMILES string of the molecule is COC(=O)c1cncc(-c2cn(-c3cccc4c3CN(C3CCC(=O)NC3=O)C4=O)nn2)c1. The highest BCUT2D eigenvalue weighted by atomic mass is 16.5. The van der Waals surface area contributed by atoms with Crippen molar-refractivity contribution in [2.75, 3.05) is 7.11 Å². The maximum Gasteiger partial charge on any atom is 0.339 e. The number of methoxy groups -OCH3 is 1. The quantitative estimate of drug-likeness (QED) is 0.461. The number of carbonyl (C=O) groups excluding carboxylic acids is 4. The lowest BCUT2D eigenvalue weighted by molar-refractivity contribution is -0.136. The van der Waals surface area contributed by atoms with Crippen molar-refractivity contribution in [3.63, 3.8) is 0 Å². The predicted octanol–water partition coefficient (Wildman–Crippen LogP) is 0.877. The minimum atomic E-state index is -0.700. The molecule has 33 heavy (non-hydrogen) atoms. The second-order valence-corrected chi connectivity index (χ2v) is 7.71. The van der Waals surface area contributed by atoms with E-state index in [0.29, 0.717) is 28.1 Å². The third kappa shape index (κ3) is 3.53. The smallest absolute Gasteiger partial charge is 0.339 e. The van der Waals surface area contributed by atoms with E-state index in [1.54, 1.807) is 35.3 Å². The second-order valence-electron chi connectivity index (χ2n) is 7.71. The van der Waals surface area contributed by atoms with E-state index >= 15 is 0 Å². The van der Waals surface area contributed by atoms with Gasteiger partial charge in [-0.15, -0.1) is 5.10 Å². The van der Waals surface area contributed by atoms with Crippen molar-refractivity contribution in [3.05, 3.63) is 59.5 Å². The normalized spacial score (nSPS) is 17.7. The van der Waals surface area contributed by atoms with Crippen molar-refractivity contribution < 1.29 is 23.9 Å². The van der Waals surface area contributed by atoms with E-state index in [1.165, 1.54) is 18.2 Å². The Hall–Kier alpha value is -4.41. The van der Waals surface area contributed by atoms with E-state index in [1.807, 2.05) is 6.07 Å². The first-order valence-corrected chi connectivity index (χ1v) is 10.2. The van der Waals surface area contributed by atoms with Crippen LogP contribution in [0.3, 0.4) is 0 Å². The number of aromatic nitrogens is 4. The molecule has 4 heterocycles. The van der Waals surface area contributed by atoms with Gasteiger partial charge in [0.2, 0.25) is 11.8 Å². The predicted molar refractivity (Wildman–Crippen MR) is 112 cm³/mol. The van der Waals surface area contributed by atoms with Crippen LogP contribution in [0.25, 0.3) is 16.9 Å². The summed E-state index contributed by atoms with van der Waals surface area (Å²) in [6.45, 7) is 0.213. The van der Waals surface area contributed by atoms with Gasteiger partial charge in [-0.1, -0.05) is 11.3 Å². The molecule has 0 bridgehead atoms. The van der Waals surface area contributed by atoms with Gasteiger partial charge in [-0.3, -0.25) is 24.7 Å². The van der Waals surface area contributed by atoms with Crippen molar-refractivity contribution in [2.24, 2.45) is 0 Å². The van der Waals surface area contributed by atoms with Crippen LogP contribution < -0.4 is 5.32 Å². The average molecular weight is 446 g/mol. The second kappa shape index (κ2) is 7.93. The van der Waals surface area contributed by atoms with E-state index in [9.17, 15) is 19.2 Å². The molecule has 2 aliphatic rings. The van der Waals surface area contributed by atoms with Crippen LogP contribution in [0.15, 0.2) is 42.9 Å². The molecular formula is C22H18N6O5. The number of benzene rings is 1. The molecule has 2 aromatic heterocycles. The van der Waals surface area contributed by atoms with Crippen LogP contribution >= 0.6 is 0 Å².